The molecule has 2 aromatic rings. The van der Waals surface area contributed by atoms with Crippen LogP contribution < -0.4 is 5.73 Å². The van der Waals surface area contributed by atoms with Crippen LogP contribution >= 0.6 is 0 Å². The van der Waals surface area contributed by atoms with Crippen LogP contribution in [-0.4, -0.2) is 21.8 Å². The van der Waals surface area contributed by atoms with Gasteiger partial charge in [-0.15, -0.1) is 0 Å². The van der Waals surface area contributed by atoms with Gasteiger partial charge < -0.3 is 15.0 Å². The van der Waals surface area contributed by atoms with E-state index in [1.165, 1.54) is 19.3 Å². The molecule has 1 saturated carbocycles. The highest BCUT2D eigenvalue weighted by Gasteiger charge is 2.43. The van der Waals surface area contributed by atoms with Gasteiger partial charge in [-0.25, -0.2) is 4.98 Å². The van der Waals surface area contributed by atoms with E-state index in [9.17, 15) is 0 Å². The molecule has 1 aromatic heterocycles. The van der Waals surface area contributed by atoms with Crippen molar-refractivity contribution in [2.24, 2.45) is 0 Å². The largest absolute Gasteiger partial charge is 0.399 e. The Balaban J connectivity index is 1.65. The van der Waals surface area contributed by atoms with Gasteiger partial charge in [-0.3, -0.25) is 0 Å². The average Bonchev–Trinajstić information content (AvgIpc) is 2.95. The number of nitrogens with two attached hydrogens (primary N) is 1. The molecular formula is C17H21N3O. The van der Waals surface area contributed by atoms with Gasteiger partial charge in [0.15, 0.2) is 0 Å². The number of rotatable bonds is 2. The van der Waals surface area contributed by atoms with E-state index in [4.69, 9.17) is 10.5 Å². The minimum absolute atomic E-state index is 0.153. The molecular weight excluding hydrogens is 262 g/mol. The van der Waals surface area contributed by atoms with Gasteiger partial charge in [0.2, 0.25) is 0 Å². The molecule has 21 heavy (non-hydrogen) atoms. The number of imidazole rings is 1. The summed E-state index contributed by atoms with van der Waals surface area (Å²) in [5, 5.41) is 0. The molecule has 2 fully saturated rings. The fraction of sp³-hybridized carbons (Fsp3) is 0.471. The van der Waals surface area contributed by atoms with E-state index < -0.39 is 0 Å². The average molecular weight is 283 g/mol. The number of benzene rings is 1. The second-order valence-corrected chi connectivity index (χ2v) is 6.32. The van der Waals surface area contributed by atoms with E-state index in [1.54, 1.807) is 0 Å². The third kappa shape index (κ3) is 2.23. The first-order valence-corrected chi connectivity index (χ1v) is 7.79. The summed E-state index contributed by atoms with van der Waals surface area (Å²) >= 11 is 0. The van der Waals surface area contributed by atoms with Crippen molar-refractivity contribution in [3.05, 3.63) is 36.7 Å². The lowest BCUT2D eigenvalue weighted by Gasteiger charge is -2.47. The zero-order chi connectivity index (χ0) is 14.3. The normalized spacial score (nSPS) is 23.9. The van der Waals surface area contributed by atoms with E-state index in [-0.39, 0.29) is 5.60 Å². The molecule has 1 spiro atoms. The molecule has 2 N–H and O–H groups in total. The Bertz CT molecular complexity index is 645. The van der Waals surface area contributed by atoms with Gasteiger partial charge in [0, 0.05) is 36.3 Å². The first-order chi connectivity index (χ1) is 10.3. The number of anilines is 1. The minimum atomic E-state index is 0.153. The number of hydrogen-bond donors (Lipinski definition) is 1. The molecule has 1 aromatic carbocycles. The summed E-state index contributed by atoms with van der Waals surface area (Å²) in [5.41, 5.74) is 7.94. The topological polar surface area (TPSA) is 53.1 Å². The highest BCUT2D eigenvalue weighted by atomic mass is 16.5. The summed E-state index contributed by atoms with van der Waals surface area (Å²) in [6.07, 6.45) is 9.89. The van der Waals surface area contributed by atoms with Crippen LogP contribution in [0.3, 0.4) is 0 Å². The standard InChI is InChI=1S/C17H21N3O/c18-14-4-1-3-13(11-14)16-19-8-9-20(16)15-5-10-21-17(12-15)6-2-7-17/h1,3-4,8-9,11,15H,2,5-7,10,12,18H2. The van der Waals surface area contributed by atoms with Crippen molar-refractivity contribution in [2.45, 2.75) is 43.7 Å². The Morgan fingerprint density at radius 1 is 1.33 bits per heavy atom. The van der Waals surface area contributed by atoms with Gasteiger partial charge in [0.1, 0.15) is 5.82 Å². The van der Waals surface area contributed by atoms with Crippen LogP contribution in [0.15, 0.2) is 36.7 Å². The zero-order valence-electron chi connectivity index (χ0n) is 12.2. The van der Waals surface area contributed by atoms with E-state index in [0.717, 1.165) is 36.5 Å². The smallest absolute Gasteiger partial charge is 0.140 e. The number of nitrogen functional groups attached to an aromatic ring is 1. The molecule has 1 aliphatic carbocycles. The summed E-state index contributed by atoms with van der Waals surface area (Å²) in [7, 11) is 0. The summed E-state index contributed by atoms with van der Waals surface area (Å²) in [5.74, 6) is 1.02. The molecule has 4 rings (SSSR count). The molecule has 2 aliphatic rings. The van der Waals surface area contributed by atoms with E-state index >= 15 is 0 Å². The van der Waals surface area contributed by atoms with Crippen LogP contribution in [0.1, 0.15) is 38.1 Å². The zero-order valence-corrected chi connectivity index (χ0v) is 12.2. The number of ether oxygens (including phenoxy) is 1. The summed E-state index contributed by atoms with van der Waals surface area (Å²) in [6, 6.07) is 8.46. The molecule has 1 saturated heterocycles. The molecule has 0 radical (unpaired) electrons. The first kappa shape index (κ1) is 12.9. The van der Waals surface area contributed by atoms with Crippen molar-refractivity contribution in [1.82, 2.24) is 9.55 Å². The predicted molar refractivity (Wildman–Crippen MR) is 82.9 cm³/mol. The Kier molecular flexibility index (Phi) is 3.00. The van der Waals surface area contributed by atoms with Gasteiger partial charge in [0.25, 0.3) is 0 Å². The number of hydrogen-bond acceptors (Lipinski definition) is 3. The molecule has 110 valence electrons. The number of nitrogens with zero attached hydrogens (tertiary/aromatic N) is 2. The SMILES string of the molecule is Nc1cccc(-c2nccn2C2CCOC3(CCC3)C2)c1. The summed E-state index contributed by atoms with van der Waals surface area (Å²) in [6.45, 7) is 0.860. The number of aromatic nitrogens is 2. The predicted octanol–water partition coefficient (Wildman–Crippen LogP) is 3.41. The molecule has 0 amide bonds. The van der Waals surface area contributed by atoms with Crippen LogP contribution in [0.25, 0.3) is 11.4 Å². The van der Waals surface area contributed by atoms with Gasteiger partial charge in [-0.2, -0.15) is 0 Å². The van der Waals surface area contributed by atoms with Crippen molar-refractivity contribution in [2.75, 3.05) is 12.3 Å². The van der Waals surface area contributed by atoms with Crippen molar-refractivity contribution in [3.63, 3.8) is 0 Å². The Morgan fingerprint density at radius 3 is 3.00 bits per heavy atom. The van der Waals surface area contributed by atoms with Gasteiger partial charge >= 0.3 is 0 Å². The van der Waals surface area contributed by atoms with Crippen LogP contribution in [0.2, 0.25) is 0 Å². The maximum atomic E-state index is 6.04. The second kappa shape index (κ2) is 4.88. The van der Waals surface area contributed by atoms with Crippen molar-refractivity contribution in [3.8, 4) is 11.4 Å². The third-order valence-electron chi connectivity index (χ3n) is 4.94. The lowest BCUT2D eigenvalue weighted by Crippen LogP contribution is -2.45. The fourth-order valence-corrected chi connectivity index (χ4v) is 3.67. The van der Waals surface area contributed by atoms with Crippen LogP contribution in [0.4, 0.5) is 5.69 Å². The Morgan fingerprint density at radius 2 is 2.24 bits per heavy atom. The quantitative estimate of drug-likeness (QED) is 0.859. The Hall–Kier alpha value is -1.81. The maximum Gasteiger partial charge on any atom is 0.140 e. The fourth-order valence-electron chi connectivity index (χ4n) is 3.67. The highest BCUT2D eigenvalue weighted by molar-refractivity contribution is 5.61. The van der Waals surface area contributed by atoms with Crippen molar-refractivity contribution >= 4 is 5.69 Å². The molecule has 1 atom stereocenters. The van der Waals surface area contributed by atoms with Crippen LogP contribution in [0.5, 0.6) is 0 Å². The Labute approximate surface area is 124 Å². The van der Waals surface area contributed by atoms with Crippen LogP contribution in [-0.2, 0) is 4.74 Å². The van der Waals surface area contributed by atoms with E-state index in [0.29, 0.717) is 6.04 Å². The van der Waals surface area contributed by atoms with Crippen molar-refractivity contribution < 1.29 is 4.74 Å². The van der Waals surface area contributed by atoms with Crippen LogP contribution in [0, 0.1) is 0 Å². The minimum Gasteiger partial charge on any atom is -0.399 e. The third-order valence-corrected chi connectivity index (χ3v) is 4.94. The van der Waals surface area contributed by atoms with Crippen molar-refractivity contribution in [1.29, 1.82) is 0 Å². The molecule has 4 heteroatoms. The lowest BCUT2D eigenvalue weighted by atomic mass is 9.74. The monoisotopic (exact) mass is 283 g/mol. The summed E-state index contributed by atoms with van der Waals surface area (Å²) < 4.78 is 8.36. The highest BCUT2D eigenvalue weighted by Crippen LogP contribution is 2.46. The second-order valence-electron chi connectivity index (χ2n) is 6.32. The molecule has 2 heterocycles. The van der Waals surface area contributed by atoms with Gasteiger partial charge in [-0.1, -0.05) is 12.1 Å². The molecule has 1 aliphatic heterocycles. The van der Waals surface area contributed by atoms with E-state index in [2.05, 4.69) is 21.8 Å². The summed E-state index contributed by atoms with van der Waals surface area (Å²) in [4.78, 5) is 4.56. The molecule has 1 unspecified atom stereocenters. The van der Waals surface area contributed by atoms with Gasteiger partial charge in [0.05, 0.1) is 5.60 Å². The lowest BCUT2D eigenvalue weighted by molar-refractivity contribution is -0.140. The molecule has 4 nitrogen and oxygen atoms in total. The van der Waals surface area contributed by atoms with Gasteiger partial charge in [-0.05, 0) is 44.2 Å². The van der Waals surface area contributed by atoms with E-state index in [1.807, 2.05) is 24.4 Å². The first-order valence-electron chi connectivity index (χ1n) is 7.79. The molecule has 0 bridgehead atoms. The maximum absolute atomic E-state index is 6.04.